The molecule has 0 aliphatic carbocycles. The summed E-state index contributed by atoms with van der Waals surface area (Å²) in [4.78, 5) is 23.9. The van der Waals surface area contributed by atoms with Crippen LogP contribution in [-0.4, -0.2) is 38.6 Å². The van der Waals surface area contributed by atoms with Crippen molar-refractivity contribution in [2.24, 2.45) is 0 Å². The van der Waals surface area contributed by atoms with E-state index in [0.717, 1.165) is 12.8 Å². The second-order valence-electron chi connectivity index (χ2n) is 5.56. The number of carbonyl (C=O) groups is 2. The van der Waals surface area contributed by atoms with Crippen LogP contribution in [0.15, 0.2) is 41.0 Å². The second kappa shape index (κ2) is 10.1. The van der Waals surface area contributed by atoms with Crippen LogP contribution < -0.4 is 20.1 Å². The zero-order valence-corrected chi connectivity index (χ0v) is 15.0. The maximum Gasteiger partial charge on any atom is 0.287 e. The zero-order valence-electron chi connectivity index (χ0n) is 15.0. The van der Waals surface area contributed by atoms with Gasteiger partial charge < -0.3 is 24.5 Å². The molecule has 0 spiro atoms. The molecule has 0 radical (unpaired) electrons. The molecule has 0 atom stereocenters. The molecule has 1 heterocycles. The Morgan fingerprint density at radius 3 is 2.50 bits per heavy atom. The molecule has 2 aromatic rings. The molecule has 0 aliphatic rings. The molecule has 2 N–H and O–H groups in total. The monoisotopic (exact) mass is 360 g/mol. The fourth-order valence-corrected chi connectivity index (χ4v) is 2.20. The number of hydrogen-bond donors (Lipinski definition) is 2. The van der Waals surface area contributed by atoms with Gasteiger partial charge in [-0.05, 0) is 36.8 Å². The molecule has 0 saturated carbocycles. The van der Waals surface area contributed by atoms with Gasteiger partial charge in [-0.15, -0.1) is 0 Å². The molecule has 26 heavy (non-hydrogen) atoms. The van der Waals surface area contributed by atoms with Crippen LogP contribution in [0, 0.1) is 0 Å². The van der Waals surface area contributed by atoms with Crippen molar-refractivity contribution in [3.63, 3.8) is 0 Å². The van der Waals surface area contributed by atoms with Gasteiger partial charge in [0.2, 0.25) is 0 Å². The van der Waals surface area contributed by atoms with Crippen LogP contribution in [0.4, 0.5) is 0 Å². The Labute approximate surface area is 152 Å². The van der Waals surface area contributed by atoms with Crippen LogP contribution in [0.1, 0.15) is 40.7 Å². The minimum Gasteiger partial charge on any atom is -0.493 e. The summed E-state index contributed by atoms with van der Waals surface area (Å²) in [6.07, 6.45) is 3.42. The number of methoxy groups -OCH3 is 1. The van der Waals surface area contributed by atoms with Gasteiger partial charge in [-0.1, -0.05) is 13.3 Å². The summed E-state index contributed by atoms with van der Waals surface area (Å²) in [7, 11) is 1.54. The number of furan rings is 1. The first-order chi connectivity index (χ1) is 12.7. The molecule has 0 bridgehead atoms. The van der Waals surface area contributed by atoms with Gasteiger partial charge in [0.15, 0.2) is 17.3 Å². The quantitative estimate of drug-likeness (QED) is 0.636. The number of hydrogen-bond acceptors (Lipinski definition) is 5. The number of ether oxygens (including phenoxy) is 2. The number of benzene rings is 1. The summed E-state index contributed by atoms with van der Waals surface area (Å²) in [5.74, 6) is 0.790. The van der Waals surface area contributed by atoms with E-state index in [0.29, 0.717) is 36.8 Å². The van der Waals surface area contributed by atoms with E-state index in [1.54, 1.807) is 30.3 Å². The third kappa shape index (κ3) is 5.54. The zero-order chi connectivity index (χ0) is 18.8. The topological polar surface area (TPSA) is 89.8 Å². The van der Waals surface area contributed by atoms with Gasteiger partial charge in [0, 0.05) is 18.7 Å². The summed E-state index contributed by atoms with van der Waals surface area (Å²) < 4.78 is 15.9. The predicted octanol–water partition coefficient (Wildman–Crippen LogP) is 2.63. The SMILES string of the molecule is CCCCOc1ccc(C(=O)NCCNC(=O)c2ccco2)cc1OC. The van der Waals surface area contributed by atoms with Gasteiger partial charge in [-0.3, -0.25) is 9.59 Å². The fraction of sp³-hybridized carbons (Fsp3) is 0.368. The number of rotatable bonds is 10. The van der Waals surface area contributed by atoms with Crippen molar-refractivity contribution in [1.29, 1.82) is 0 Å². The van der Waals surface area contributed by atoms with Crippen LogP contribution in [0.3, 0.4) is 0 Å². The number of amides is 2. The smallest absolute Gasteiger partial charge is 0.287 e. The lowest BCUT2D eigenvalue weighted by atomic mass is 10.2. The van der Waals surface area contributed by atoms with Gasteiger partial charge >= 0.3 is 0 Å². The average Bonchev–Trinajstić information content (AvgIpc) is 3.20. The van der Waals surface area contributed by atoms with Gasteiger partial charge in [0.1, 0.15) is 0 Å². The number of nitrogens with one attached hydrogen (secondary N) is 2. The molecule has 1 aromatic carbocycles. The molecule has 0 saturated heterocycles. The lowest BCUT2D eigenvalue weighted by molar-refractivity contribution is 0.0910. The molecular weight excluding hydrogens is 336 g/mol. The van der Waals surface area contributed by atoms with Crippen molar-refractivity contribution >= 4 is 11.8 Å². The van der Waals surface area contributed by atoms with Crippen molar-refractivity contribution in [1.82, 2.24) is 10.6 Å². The maximum atomic E-state index is 12.2. The van der Waals surface area contributed by atoms with E-state index in [-0.39, 0.29) is 17.6 Å². The molecule has 140 valence electrons. The molecule has 0 unspecified atom stereocenters. The first-order valence-corrected chi connectivity index (χ1v) is 8.56. The second-order valence-corrected chi connectivity index (χ2v) is 5.56. The summed E-state index contributed by atoms with van der Waals surface area (Å²) in [5.41, 5.74) is 0.460. The predicted molar refractivity (Wildman–Crippen MR) is 96.8 cm³/mol. The van der Waals surface area contributed by atoms with Crippen LogP contribution >= 0.6 is 0 Å². The minimum atomic E-state index is -0.320. The Balaban J connectivity index is 1.82. The van der Waals surface area contributed by atoms with Gasteiger partial charge in [-0.2, -0.15) is 0 Å². The Morgan fingerprint density at radius 1 is 1.08 bits per heavy atom. The van der Waals surface area contributed by atoms with E-state index in [9.17, 15) is 9.59 Å². The molecule has 2 rings (SSSR count). The molecule has 7 nitrogen and oxygen atoms in total. The minimum absolute atomic E-state index is 0.236. The number of carbonyl (C=O) groups excluding carboxylic acids is 2. The Hall–Kier alpha value is -2.96. The molecule has 2 amide bonds. The van der Waals surface area contributed by atoms with E-state index in [4.69, 9.17) is 13.9 Å². The van der Waals surface area contributed by atoms with Crippen LogP contribution in [0.25, 0.3) is 0 Å². The van der Waals surface area contributed by atoms with Crippen molar-refractivity contribution in [2.75, 3.05) is 26.8 Å². The van der Waals surface area contributed by atoms with E-state index < -0.39 is 0 Å². The van der Waals surface area contributed by atoms with E-state index in [2.05, 4.69) is 17.6 Å². The Bertz CT molecular complexity index is 713. The van der Waals surface area contributed by atoms with Crippen LogP contribution in [0.5, 0.6) is 11.5 Å². The molecule has 0 aliphatic heterocycles. The normalized spacial score (nSPS) is 10.2. The van der Waals surface area contributed by atoms with E-state index in [1.807, 2.05) is 0 Å². The third-order valence-corrected chi connectivity index (χ3v) is 3.62. The largest absolute Gasteiger partial charge is 0.493 e. The molecule has 1 aromatic heterocycles. The summed E-state index contributed by atoms with van der Waals surface area (Å²) in [6.45, 7) is 3.28. The van der Waals surface area contributed by atoms with E-state index in [1.165, 1.54) is 13.4 Å². The lowest BCUT2D eigenvalue weighted by Gasteiger charge is -2.12. The Kier molecular flexibility index (Phi) is 7.54. The van der Waals surface area contributed by atoms with E-state index >= 15 is 0 Å². The van der Waals surface area contributed by atoms with Gasteiger partial charge in [0.25, 0.3) is 11.8 Å². The molecule has 7 heteroatoms. The van der Waals surface area contributed by atoms with Crippen molar-refractivity contribution in [3.8, 4) is 11.5 Å². The highest BCUT2D eigenvalue weighted by molar-refractivity contribution is 5.95. The van der Waals surface area contributed by atoms with Crippen LogP contribution in [-0.2, 0) is 0 Å². The first kappa shape index (κ1) is 19.4. The lowest BCUT2D eigenvalue weighted by Crippen LogP contribution is -2.34. The molecular formula is C19H24N2O5. The molecule has 0 fully saturated rings. The first-order valence-electron chi connectivity index (χ1n) is 8.56. The van der Waals surface area contributed by atoms with Gasteiger partial charge in [-0.25, -0.2) is 0 Å². The van der Waals surface area contributed by atoms with Crippen molar-refractivity contribution in [2.45, 2.75) is 19.8 Å². The average molecular weight is 360 g/mol. The highest BCUT2D eigenvalue weighted by atomic mass is 16.5. The summed E-state index contributed by atoms with van der Waals surface area (Å²) >= 11 is 0. The summed E-state index contributed by atoms with van der Waals surface area (Å²) in [5, 5.41) is 5.40. The fourth-order valence-electron chi connectivity index (χ4n) is 2.20. The standard InChI is InChI=1S/C19H24N2O5/c1-3-4-11-25-15-8-7-14(13-17(15)24-2)18(22)20-9-10-21-19(23)16-6-5-12-26-16/h5-8,12-13H,3-4,9-11H2,1-2H3,(H,20,22)(H,21,23). The maximum absolute atomic E-state index is 12.2. The van der Waals surface area contributed by atoms with Crippen molar-refractivity contribution in [3.05, 3.63) is 47.9 Å². The highest BCUT2D eigenvalue weighted by Gasteiger charge is 2.12. The van der Waals surface area contributed by atoms with Crippen LogP contribution in [0.2, 0.25) is 0 Å². The summed E-state index contributed by atoms with van der Waals surface area (Å²) in [6, 6.07) is 8.25. The third-order valence-electron chi connectivity index (χ3n) is 3.62. The Morgan fingerprint density at radius 2 is 1.85 bits per heavy atom. The number of unbranched alkanes of at least 4 members (excludes halogenated alkanes) is 1. The van der Waals surface area contributed by atoms with Gasteiger partial charge in [0.05, 0.1) is 20.0 Å². The van der Waals surface area contributed by atoms with Crippen molar-refractivity contribution < 1.29 is 23.5 Å². The highest BCUT2D eigenvalue weighted by Crippen LogP contribution is 2.28.